The molecule has 0 saturated carbocycles. The van der Waals surface area contributed by atoms with Crippen LogP contribution in [0.2, 0.25) is 5.02 Å². The van der Waals surface area contributed by atoms with E-state index >= 15 is 0 Å². The number of aryl methyl sites for hydroxylation is 1. The van der Waals surface area contributed by atoms with Crippen LogP contribution in [0.5, 0.6) is 0 Å². The molecule has 2 heterocycles. The van der Waals surface area contributed by atoms with E-state index in [9.17, 15) is 0 Å². The summed E-state index contributed by atoms with van der Waals surface area (Å²) in [6, 6.07) is 0. The van der Waals surface area contributed by atoms with Crippen molar-refractivity contribution in [3.63, 3.8) is 0 Å². The second kappa shape index (κ2) is 4.77. The molecular weight excluding hydrogens is 254 g/mol. The highest BCUT2D eigenvalue weighted by molar-refractivity contribution is 6.31. The van der Waals surface area contributed by atoms with Gasteiger partial charge in [0.05, 0.1) is 16.9 Å². The van der Waals surface area contributed by atoms with Gasteiger partial charge < -0.3 is 10.2 Å². The molecule has 0 radical (unpaired) electrons. The second-order valence-electron chi connectivity index (χ2n) is 3.91. The van der Waals surface area contributed by atoms with Crippen LogP contribution < -0.4 is 10.2 Å². The SMILES string of the molecule is CNc1nc(N(C)C)nc(-n2cc(Cl)c(C)n2)n1. The first kappa shape index (κ1) is 12.6. The number of aromatic nitrogens is 5. The first-order valence-corrected chi connectivity index (χ1v) is 5.72. The zero-order valence-electron chi connectivity index (χ0n) is 10.6. The third kappa shape index (κ3) is 2.35. The van der Waals surface area contributed by atoms with Crippen LogP contribution in [-0.2, 0) is 0 Å². The minimum absolute atomic E-state index is 0.424. The van der Waals surface area contributed by atoms with E-state index in [0.717, 1.165) is 5.69 Å². The monoisotopic (exact) mass is 267 g/mol. The number of halogens is 1. The van der Waals surface area contributed by atoms with Crippen molar-refractivity contribution in [1.29, 1.82) is 0 Å². The van der Waals surface area contributed by atoms with Crippen LogP contribution >= 0.6 is 11.6 Å². The van der Waals surface area contributed by atoms with Crippen LogP contribution in [0.4, 0.5) is 11.9 Å². The topological polar surface area (TPSA) is 71.8 Å². The molecule has 8 heteroatoms. The van der Waals surface area contributed by atoms with Crippen molar-refractivity contribution in [1.82, 2.24) is 24.7 Å². The van der Waals surface area contributed by atoms with Gasteiger partial charge >= 0.3 is 0 Å². The van der Waals surface area contributed by atoms with E-state index in [0.29, 0.717) is 22.9 Å². The molecule has 0 bridgehead atoms. The Bertz CT molecular complexity index is 544. The van der Waals surface area contributed by atoms with Gasteiger partial charge in [-0.25, -0.2) is 4.68 Å². The van der Waals surface area contributed by atoms with E-state index in [2.05, 4.69) is 25.4 Å². The molecule has 0 fully saturated rings. The van der Waals surface area contributed by atoms with Crippen molar-refractivity contribution >= 4 is 23.5 Å². The molecule has 18 heavy (non-hydrogen) atoms. The molecule has 2 aromatic rings. The minimum Gasteiger partial charge on any atom is -0.357 e. The van der Waals surface area contributed by atoms with Gasteiger partial charge in [0.1, 0.15) is 0 Å². The average molecular weight is 268 g/mol. The smallest absolute Gasteiger partial charge is 0.257 e. The predicted octanol–water partition coefficient (Wildman–Crippen LogP) is 1.13. The summed E-state index contributed by atoms with van der Waals surface area (Å²) in [5.41, 5.74) is 0.731. The highest BCUT2D eigenvalue weighted by Gasteiger charge is 2.11. The zero-order valence-corrected chi connectivity index (χ0v) is 11.4. The number of hydrogen-bond acceptors (Lipinski definition) is 6. The highest BCUT2D eigenvalue weighted by Crippen LogP contribution is 2.16. The molecule has 0 aromatic carbocycles. The van der Waals surface area contributed by atoms with Crippen molar-refractivity contribution in [3.05, 3.63) is 16.9 Å². The van der Waals surface area contributed by atoms with Gasteiger partial charge in [0.2, 0.25) is 11.9 Å². The summed E-state index contributed by atoms with van der Waals surface area (Å²) >= 11 is 5.97. The predicted molar refractivity (Wildman–Crippen MR) is 70.6 cm³/mol. The number of nitrogens with zero attached hydrogens (tertiary/aromatic N) is 6. The molecule has 0 amide bonds. The molecule has 2 aromatic heterocycles. The standard InChI is InChI=1S/C10H14ClN7/c1-6-7(11)5-18(16-6)10-14-8(12-2)13-9(15-10)17(3)4/h5H,1-4H3,(H,12,13,14,15). The molecule has 2 rings (SSSR count). The summed E-state index contributed by atoms with van der Waals surface area (Å²) in [5, 5.41) is 7.71. The Kier molecular flexibility index (Phi) is 3.33. The summed E-state index contributed by atoms with van der Waals surface area (Å²) in [6.45, 7) is 1.83. The third-order valence-corrected chi connectivity index (χ3v) is 2.65. The van der Waals surface area contributed by atoms with Gasteiger partial charge in [-0.05, 0) is 6.92 Å². The first-order chi connectivity index (χ1) is 8.51. The Hall–Kier alpha value is -1.89. The Morgan fingerprint density at radius 2 is 2.00 bits per heavy atom. The maximum atomic E-state index is 5.97. The van der Waals surface area contributed by atoms with Gasteiger partial charge in [-0.1, -0.05) is 11.6 Å². The maximum absolute atomic E-state index is 5.97. The fraction of sp³-hybridized carbons (Fsp3) is 0.400. The van der Waals surface area contributed by atoms with Crippen molar-refractivity contribution in [2.45, 2.75) is 6.92 Å². The van der Waals surface area contributed by atoms with E-state index in [4.69, 9.17) is 11.6 Å². The fourth-order valence-electron chi connectivity index (χ4n) is 1.31. The molecule has 96 valence electrons. The summed E-state index contributed by atoms with van der Waals surface area (Å²) in [7, 11) is 5.47. The quantitative estimate of drug-likeness (QED) is 0.899. The normalized spacial score (nSPS) is 10.5. The summed E-state index contributed by atoms with van der Waals surface area (Å²) < 4.78 is 1.53. The van der Waals surface area contributed by atoms with Crippen LogP contribution in [0, 0.1) is 6.92 Å². The lowest BCUT2D eigenvalue weighted by molar-refractivity contribution is 0.781. The maximum Gasteiger partial charge on any atom is 0.257 e. The van der Waals surface area contributed by atoms with Crippen molar-refractivity contribution in [2.75, 3.05) is 31.4 Å². The van der Waals surface area contributed by atoms with Gasteiger partial charge in [0.15, 0.2) is 0 Å². The summed E-state index contributed by atoms with van der Waals surface area (Å²) in [6.07, 6.45) is 1.67. The molecule has 0 spiro atoms. The van der Waals surface area contributed by atoms with E-state index in [1.54, 1.807) is 18.1 Å². The van der Waals surface area contributed by atoms with E-state index in [-0.39, 0.29) is 0 Å². The lowest BCUT2D eigenvalue weighted by atomic mass is 10.5. The molecule has 0 aliphatic rings. The average Bonchev–Trinajstić information content (AvgIpc) is 2.69. The van der Waals surface area contributed by atoms with Gasteiger partial charge in [-0.15, -0.1) is 0 Å². The lowest BCUT2D eigenvalue weighted by Crippen LogP contribution is -2.17. The molecule has 7 nitrogen and oxygen atoms in total. The Balaban J connectivity index is 2.52. The zero-order chi connectivity index (χ0) is 13.3. The van der Waals surface area contributed by atoms with E-state index < -0.39 is 0 Å². The van der Waals surface area contributed by atoms with Gasteiger partial charge in [0.25, 0.3) is 5.95 Å². The van der Waals surface area contributed by atoms with Crippen molar-refractivity contribution in [3.8, 4) is 5.95 Å². The molecule has 0 unspecified atom stereocenters. The fourth-order valence-corrected chi connectivity index (χ4v) is 1.44. The Morgan fingerprint density at radius 1 is 1.28 bits per heavy atom. The van der Waals surface area contributed by atoms with Gasteiger partial charge in [-0.3, -0.25) is 0 Å². The van der Waals surface area contributed by atoms with Gasteiger partial charge in [-0.2, -0.15) is 20.1 Å². The highest BCUT2D eigenvalue weighted by atomic mass is 35.5. The second-order valence-corrected chi connectivity index (χ2v) is 4.32. The lowest BCUT2D eigenvalue weighted by Gasteiger charge is -2.12. The number of nitrogens with one attached hydrogen (secondary N) is 1. The molecule has 1 N–H and O–H groups in total. The summed E-state index contributed by atoms with van der Waals surface area (Å²) in [5.74, 6) is 1.45. The molecule has 0 saturated heterocycles. The number of rotatable bonds is 3. The number of hydrogen-bond donors (Lipinski definition) is 1. The van der Waals surface area contributed by atoms with Crippen LogP contribution in [-0.4, -0.2) is 45.9 Å². The van der Waals surface area contributed by atoms with Crippen LogP contribution in [0.15, 0.2) is 6.20 Å². The summed E-state index contributed by atoms with van der Waals surface area (Å²) in [4.78, 5) is 14.6. The van der Waals surface area contributed by atoms with Crippen LogP contribution in [0.1, 0.15) is 5.69 Å². The van der Waals surface area contributed by atoms with E-state index in [1.807, 2.05) is 21.0 Å². The molecule has 0 aliphatic carbocycles. The Labute approximate surface area is 110 Å². The van der Waals surface area contributed by atoms with Crippen LogP contribution in [0.25, 0.3) is 5.95 Å². The first-order valence-electron chi connectivity index (χ1n) is 5.34. The van der Waals surface area contributed by atoms with E-state index in [1.165, 1.54) is 4.68 Å². The molecular formula is C10H14ClN7. The van der Waals surface area contributed by atoms with Gasteiger partial charge in [0, 0.05) is 21.1 Å². The molecule has 0 aliphatic heterocycles. The van der Waals surface area contributed by atoms with Crippen molar-refractivity contribution < 1.29 is 0 Å². The van der Waals surface area contributed by atoms with Crippen molar-refractivity contribution in [2.24, 2.45) is 0 Å². The largest absolute Gasteiger partial charge is 0.357 e. The Morgan fingerprint density at radius 3 is 2.50 bits per heavy atom. The number of anilines is 2. The molecule has 0 atom stereocenters. The third-order valence-electron chi connectivity index (χ3n) is 2.28. The van der Waals surface area contributed by atoms with Crippen LogP contribution in [0.3, 0.4) is 0 Å². The minimum atomic E-state index is 0.424.